The van der Waals surface area contributed by atoms with Crippen molar-refractivity contribution in [3.05, 3.63) is 71.6 Å². The zero-order chi connectivity index (χ0) is 44.7. The summed E-state index contributed by atoms with van der Waals surface area (Å²) in [7, 11) is 2.61. The minimum Gasteiger partial charge on any atom is -0.453 e. The average Bonchev–Trinajstić information content (AvgIpc) is 4.14. The maximum Gasteiger partial charge on any atom is 0.407 e. The van der Waals surface area contributed by atoms with E-state index < -0.39 is 24.3 Å². The number of ether oxygens (including phenoxy) is 2. The van der Waals surface area contributed by atoms with Gasteiger partial charge in [-0.3, -0.25) is 9.59 Å². The standard InChI is InChI=1S/C49H64N8O6/c1-27(2)41(54-47(60)62-7)45(58)56-25-29(5)21-38(56)43-50-23-36(52-43)32-13-11-31(12-14-32)33-15-16-34(35-17-20-49(40(33)35)18-9-10-19-49)37-24-51-44(53-37)39-22-30(6)26-57(39)46(59)42(28(3)4)55-48(61)63-8/h11-16,23-24,27-30,38-39,41-42H,9-10,17-22,25-26H2,1-8H3,(H,50,52)(H,51,53)(H,54,60)(H,55,61). The van der Waals surface area contributed by atoms with Crippen LogP contribution < -0.4 is 10.6 Å². The van der Waals surface area contributed by atoms with Crippen LogP contribution in [0.15, 0.2) is 48.8 Å². The predicted octanol–water partition coefficient (Wildman–Crippen LogP) is 8.47. The zero-order valence-electron chi connectivity index (χ0n) is 38.0. The van der Waals surface area contributed by atoms with Gasteiger partial charge in [0, 0.05) is 18.7 Å². The molecule has 1 saturated carbocycles. The summed E-state index contributed by atoms with van der Waals surface area (Å²) in [6.45, 7) is 13.2. The summed E-state index contributed by atoms with van der Waals surface area (Å²) >= 11 is 0. The maximum absolute atomic E-state index is 14.0. The van der Waals surface area contributed by atoms with Crippen molar-refractivity contribution in [3.8, 4) is 33.6 Å². The molecule has 14 heteroatoms. The Labute approximate surface area is 370 Å². The quantitative estimate of drug-likeness (QED) is 0.116. The fraction of sp³-hybridized carbons (Fsp3) is 0.551. The van der Waals surface area contributed by atoms with Gasteiger partial charge in [0.1, 0.15) is 23.7 Å². The van der Waals surface area contributed by atoms with E-state index in [2.05, 4.69) is 70.8 Å². The second-order valence-corrected chi connectivity index (χ2v) is 19.4. The molecule has 1 spiro atoms. The van der Waals surface area contributed by atoms with Crippen LogP contribution in [0, 0.1) is 23.7 Å². The van der Waals surface area contributed by atoms with Crippen molar-refractivity contribution in [3.63, 3.8) is 0 Å². The number of nitrogens with one attached hydrogen (secondary N) is 4. The molecule has 4 amide bonds. The van der Waals surface area contributed by atoms with Gasteiger partial charge in [0.2, 0.25) is 11.8 Å². The molecule has 4 heterocycles. The van der Waals surface area contributed by atoms with Crippen molar-refractivity contribution >= 4 is 24.0 Å². The van der Waals surface area contributed by atoms with Gasteiger partial charge in [-0.2, -0.15) is 0 Å². The van der Waals surface area contributed by atoms with Gasteiger partial charge in [-0.25, -0.2) is 19.6 Å². The first kappa shape index (κ1) is 44.0. The Morgan fingerprint density at radius 3 is 1.67 bits per heavy atom. The fourth-order valence-electron chi connectivity index (χ4n) is 11.0. The number of nitrogens with zero attached hydrogens (tertiary/aromatic N) is 4. The lowest BCUT2D eigenvalue weighted by Crippen LogP contribution is -2.51. The van der Waals surface area contributed by atoms with E-state index in [0.717, 1.165) is 54.3 Å². The predicted molar refractivity (Wildman–Crippen MR) is 240 cm³/mol. The van der Waals surface area contributed by atoms with Gasteiger partial charge in [-0.15, -0.1) is 0 Å². The summed E-state index contributed by atoms with van der Waals surface area (Å²) in [5, 5.41) is 5.50. The van der Waals surface area contributed by atoms with E-state index in [1.54, 1.807) is 0 Å². The number of rotatable bonds is 11. The fourth-order valence-corrected chi connectivity index (χ4v) is 11.0. The van der Waals surface area contributed by atoms with Gasteiger partial charge in [-0.1, -0.05) is 90.8 Å². The highest BCUT2D eigenvalue weighted by Crippen LogP contribution is 2.55. The van der Waals surface area contributed by atoms with Crippen molar-refractivity contribution in [2.75, 3.05) is 27.3 Å². The molecule has 2 aromatic carbocycles. The lowest BCUT2D eigenvalue weighted by molar-refractivity contribution is -0.136. The van der Waals surface area contributed by atoms with Crippen LogP contribution in [0.4, 0.5) is 9.59 Å². The van der Waals surface area contributed by atoms with E-state index >= 15 is 0 Å². The summed E-state index contributed by atoms with van der Waals surface area (Å²) < 4.78 is 9.67. The van der Waals surface area contributed by atoms with Crippen molar-refractivity contribution in [1.29, 1.82) is 0 Å². The Morgan fingerprint density at radius 2 is 1.16 bits per heavy atom. The minimum absolute atomic E-state index is 0.114. The first-order valence-corrected chi connectivity index (χ1v) is 22.9. The van der Waals surface area contributed by atoms with E-state index in [9.17, 15) is 19.2 Å². The summed E-state index contributed by atoms with van der Waals surface area (Å²) in [5.74, 6) is 1.59. The van der Waals surface area contributed by atoms with E-state index in [4.69, 9.17) is 19.4 Å². The second kappa shape index (κ2) is 17.8. The van der Waals surface area contributed by atoms with Gasteiger partial charge in [0.05, 0.1) is 50.1 Å². The van der Waals surface area contributed by atoms with Gasteiger partial charge >= 0.3 is 12.2 Å². The molecule has 6 atom stereocenters. The third kappa shape index (κ3) is 8.45. The number of likely N-dealkylation sites (tertiary alicyclic amines) is 2. The van der Waals surface area contributed by atoms with Gasteiger partial charge < -0.3 is 39.9 Å². The molecule has 6 unspecified atom stereocenters. The number of carbonyl (C=O) groups excluding carboxylic acids is 4. The molecule has 0 radical (unpaired) electrons. The molecule has 2 aromatic heterocycles. The molecular weight excluding hydrogens is 797 g/mol. The van der Waals surface area contributed by atoms with E-state index in [1.807, 2.05) is 49.9 Å². The first-order valence-electron chi connectivity index (χ1n) is 22.9. The largest absolute Gasteiger partial charge is 0.453 e. The Kier molecular flexibility index (Phi) is 12.5. The number of alkyl carbamates (subject to hydrolysis) is 2. The van der Waals surface area contributed by atoms with Crippen LogP contribution in [0.2, 0.25) is 0 Å². The van der Waals surface area contributed by atoms with E-state index in [1.165, 1.54) is 67.7 Å². The number of methoxy groups -OCH3 is 2. The maximum atomic E-state index is 14.0. The smallest absolute Gasteiger partial charge is 0.407 e. The number of aromatic nitrogens is 4. The molecular formula is C49H64N8O6. The molecule has 2 saturated heterocycles. The molecule has 2 aliphatic heterocycles. The normalized spacial score (nSPS) is 22.4. The number of hydrogen-bond acceptors (Lipinski definition) is 8. The zero-order valence-corrected chi connectivity index (χ0v) is 38.0. The highest BCUT2D eigenvalue weighted by Gasteiger charge is 2.45. The number of carbonyl (C=O) groups is 4. The molecule has 3 fully saturated rings. The summed E-state index contributed by atoms with van der Waals surface area (Å²) in [4.78, 5) is 72.8. The number of benzene rings is 2. The molecule has 4 N–H and O–H groups in total. The molecule has 2 aliphatic carbocycles. The topological polar surface area (TPSA) is 175 Å². The molecule has 0 bridgehead atoms. The van der Waals surface area contributed by atoms with Crippen LogP contribution >= 0.6 is 0 Å². The molecule has 4 aliphatic rings. The summed E-state index contributed by atoms with van der Waals surface area (Å²) in [6, 6.07) is 11.4. The Bertz CT molecular complexity index is 2330. The third-order valence-electron chi connectivity index (χ3n) is 14.2. The number of amides is 4. The first-order chi connectivity index (χ1) is 30.2. The Hall–Kier alpha value is -5.66. The van der Waals surface area contributed by atoms with Crippen LogP contribution in [-0.4, -0.2) is 93.1 Å². The van der Waals surface area contributed by atoms with Crippen LogP contribution in [0.25, 0.3) is 33.6 Å². The lowest BCUT2D eigenvalue weighted by atomic mass is 9.76. The SMILES string of the molecule is COC(=O)NC(C(=O)N1CC(C)CC1c1ncc(-c2ccc(-c3ccc(-c4cnc(C5CC(C)CN5C(=O)C(NC(=O)OC)C(C)C)[nH]4)c4c3C3(CCCC3)CC4)cc2)[nH]1)C(C)C. The highest BCUT2D eigenvalue weighted by molar-refractivity contribution is 5.87. The van der Waals surface area contributed by atoms with Crippen molar-refractivity contribution in [1.82, 2.24) is 40.4 Å². The molecule has 4 aromatic rings. The molecule has 8 rings (SSSR count). The van der Waals surface area contributed by atoms with Crippen LogP contribution in [0.3, 0.4) is 0 Å². The van der Waals surface area contributed by atoms with Gasteiger partial charge in [-0.05, 0) is 95.4 Å². The number of hydrogen-bond donors (Lipinski definition) is 4. The van der Waals surface area contributed by atoms with Crippen molar-refractivity contribution < 1.29 is 28.7 Å². The van der Waals surface area contributed by atoms with Gasteiger partial charge in [0.15, 0.2) is 0 Å². The monoisotopic (exact) mass is 860 g/mol. The van der Waals surface area contributed by atoms with Crippen molar-refractivity contribution in [2.24, 2.45) is 23.7 Å². The summed E-state index contributed by atoms with van der Waals surface area (Å²) in [5.41, 5.74) is 9.47. The minimum atomic E-state index is -0.700. The average molecular weight is 861 g/mol. The lowest BCUT2D eigenvalue weighted by Gasteiger charge is -2.30. The summed E-state index contributed by atoms with van der Waals surface area (Å²) in [6.07, 6.45) is 11.1. The third-order valence-corrected chi connectivity index (χ3v) is 14.2. The number of fused-ring (bicyclic) bond motifs is 2. The number of imidazole rings is 2. The van der Waals surface area contributed by atoms with E-state index in [0.29, 0.717) is 13.1 Å². The Balaban J connectivity index is 1.05. The van der Waals surface area contributed by atoms with Crippen molar-refractivity contribution in [2.45, 2.75) is 122 Å². The Morgan fingerprint density at radius 1 is 0.683 bits per heavy atom. The number of H-pyrrole nitrogens is 2. The molecule has 14 nitrogen and oxygen atoms in total. The van der Waals surface area contributed by atoms with Crippen LogP contribution in [-0.2, 0) is 30.9 Å². The van der Waals surface area contributed by atoms with Gasteiger partial charge in [0.25, 0.3) is 0 Å². The highest BCUT2D eigenvalue weighted by atomic mass is 16.5. The van der Waals surface area contributed by atoms with Crippen LogP contribution in [0.5, 0.6) is 0 Å². The molecule has 63 heavy (non-hydrogen) atoms. The number of aromatic amines is 2. The molecule has 336 valence electrons. The van der Waals surface area contributed by atoms with Crippen LogP contribution in [0.1, 0.15) is 121 Å². The second-order valence-electron chi connectivity index (χ2n) is 19.4. The van der Waals surface area contributed by atoms with E-state index in [-0.39, 0.29) is 53.0 Å².